The number of rotatable bonds is 7. The summed E-state index contributed by atoms with van der Waals surface area (Å²) in [6, 6.07) is 1.77. The quantitative estimate of drug-likeness (QED) is 0.379. The number of nitrogens with zero attached hydrogens (tertiary/aromatic N) is 2. The average Bonchev–Trinajstić information content (AvgIpc) is 3.31. The molecule has 0 fully saturated rings. The third kappa shape index (κ3) is 5.28. The second-order valence-electron chi connectivity index (χ2n) is 7.00. The highest BCUT2D eigenvalue weighted by Gasteiger charge is 2.39. The molecule has 3 aromatic rings. The fourth-order valence-electron chi connectivity index (χ4n) is 2.87. The number of H-pyrrole nitrogens is 1. The number of alkyl halides is 3. The number of thiazole rings is 1. The van der Waals surface area contributed by atoms with Gasteiger partial charge in [0.15, 0.2) is 11.3 Å². The zero-order valence-corrected chi connectivity index (χ0v) is 19.2. The van der Waals surface area contributed by atoms with E-state index in [0.717, 1.165) is 30.4 Å². The number of hydrogen-bond donors (Lipinski definition) is 3. The first-order valence-corrected chi connectivity index (χ1v) is 10.8. The minimum Gasteiger partial charge on any atom is -0.480 e. The molecule has 2 heterocycles. The van der Waals surface area contributed by atoms with Crippen LogP contribution in [0.5, 0.6) is 5.75 Å². The van der Waals surface area contributed by atoms with Crippen LogP contribution in [0.2, 0.25) is 5.15 Å². The summed E-state index contributed by atoms with van der Waals surface area (Å²) in [7, 11) is 0. The molecule has 0 spiro atoms. The highest BCUT2D eigenvalue weighted by molar-refractivity contribution is 7.15. The van der Waals surface area contributed by atoms with E-state index in [1.54, 1.807) is 6.92 Å². The number of aromatic nitrogens is 3. The second-order valence-corrected chi connectivity index (χ2v) is 8.44. The van der Waals surface area contributed by atoms with Crippen molar-refractivity contribution in [2.24, 2.45) is 0 Å². The predicted molar refractivity (Wildman–Crippen MR) is 115 cm³/mol. The maximum atomic E-state index is 15.0. The van der Waals surface area contributed by atoms with E-state index >= 15 is 4.39 Å². The van der Waals surface area contributed by atoms with Gasteiger partial charge in [-0.05, 0) is 32.4 Å². The van der Waals surface area contributed by atoms with Crippen molar-refractivity contribution < 1.29 is 32.2 Å². The summed E-state index contributed by atoms with van der Waals surface area (Å²) in [5, 5.41) is 18.2. The number of aliphatic hydroxyl groups excluding tert-OH is 1. The number of nitrogens with one attached hydrogen (secondary N) is 2. The van der Waals surface area contributed by atoms with E-state index in [1.807, 2.05) is 6.92 Å². The molecule has 0 aliphatic rings. The molecule has 0 saturated carbocycles. The minimum absolute atomic E-state index is 0.0736. The summed E-state index contributed by atoms with van der Waals surface area (Å²) >= 11 is 6.99. The van der Waals surface area contributed by atoms with Crippen LogP contribution in [0, 0.1) is 12.7 Å². The number of benzene rings is 1. The normalized spacial score (nSPS) is 12.6. The number of aryl methyl sites for hydroxylation is 2. The van der Waals surface area contributed by atoms with Gasteiger partial charge in [-0.3, -0.25) is 9.89 Å². The number of carbonyl (C=O) groups excluding carboxylic acids is 1. The van der Waals surface area contributed by atoms with E-state index in [0.29, 0.717) is 22.7 Å². The Morgan fingerprint density at radius 1 is 1.39 bits per heavy atom. The van der Waals surface area contributed by atoms with Gasteiger partial charge in [0.05, 0.1) is 23.6 Å². The van der Waals surface area contributed by atoms with Gasteiger partial charge in [-0.1, -0.05) is 18.5 Å². The summed E-state index contributed by atoms with van der Waals surface area (Å²) in [5.74, 6) is -2.34. The van der Waals surface area contributed by atoms with Crippen LogP contribution in [0.15, 0.2) is 12.1 Å². The highest BCUT2D eigenvalue weighted by Crippen LogP contribution is 2.37. The third-order valence-corrected chi connectivity index (χ3v) is 6.25. The lowest BCUT2D eigenvalue weighted by molar-refractivity contribution is -0.189. The fraction of sp³-hybridized carbons (Fsp3) is 0.350. The van der Waals surface area contributed by atoms with Crippen LogP contribution in [0.3, 0.4) is 0 Å². The van der Waals surface area contributed by atoms with Crippen LogP contribution in [-0.4, -0.2) is 38.5 Å². The highest BCUT2D eigenvalue weighted by atomic mass is 35.5. The molecular formula is C20H19ClF4N4O3S. The zero-order valence-electron chi connectivity index (χ0n) is 17.6. The molecule has 1 aromatic carbocycles. The second kappa shape index (κ2) is 9.65. The molecule has 3 N–H and O–H groups in total. The number of aromatic amines is 1. The molecule has 2 aromatic heterocycles. The lowest BCUT2D eigenvalue weighted by Gasteiger charge is -2.20. The first-order valence-electron chi connectivity index (χ1n) is 9.64. The predicted octanol–water partition coefficient (Wildman–Crippen LogP) is 5.27. The number of halogens is 5. The SMILES string of the molecule is CCc1sc(-c2cc(OC(C)C(F)(F)F)c(C(=O)Nc3c(Cl)n[nH]c3C)cc2F)nc1CO. The third-order valence-electron chi connectivity index (χ3n) is 4.70. The summed E-state index contributed by atoms with van der Waals surface area (Å²) in [6.07, 6.45) is -6.49. The van der Waals surface area contributed by atoms with E-state index in [2.05, 4.69) is 20.5 Å². The largest absolute Gasteiger partial charge is 0.480 e. The molecule has 13 heteroatoms. The summed E-state index contributed by atoms with van der Waals surface area (Å²) in [4.78, 5) is 17.7. The number of ether oxygens (including phenoxy) is 1. The van der Waals surface area contributed by atoms with Crippen molar-refractivity contribution in [1.29, 1.82) is 0 Å². The van der Waals surface area contributed by atoms with Crippen molar-refractivity contribution in [2.45, 2.75) is 46.1 Å². The lowest BCUT2D eigenvalue weighted by atomic mass is 10.1. The standard InChI is InChI=1S/C20H19ClF4N4O3S/c1-4-15-13(7-30)26-19(33-15)10-6-14(32-9(3)20(23,24)25)11(5-12(10)22)18(31)27-16-8(2)28-29-17(16)21/h5-6,9,30H,4,7H2,1-3H3,(H,27,31)(H,28,29). The zero-order chi connectivity index (χ0) is 24.5. The van der Waals surface area contributed by atoms with Gasteiger partial charge in [0.25, 0.3) is 5.91 Å². The topological polar surface area (TPSA) is 100 Å². The van der Waals surface area contributed by atoms with Crippen LogP contribution in [-0.2, 0) is 13.0 Å². The molecule has 1 atom stereocenters. The van der Waals surface area contributed by atoms with Gasteiger partial charge >= 0.3 is 6.18 Å². The number of aliphatic hydroxyl groups is 1. The van der Waals surface area contributed by atoms with Crippen LogP contribution in [0.1, 0.15) is 40.5 Å². The molecular weight excluding hydrogens is 488 g/mol. The average molecular weight is 507 g/mol. The van der Waals surface area contributed by atoms with Gasteiger partial charge in [0, 0.05) is 10.4 Å². The van der Waals surface area contributed by atoms with Crippen molar-refractivity contribution in [2.75, 3.05) is 5.32 Å². The van der Waals surface area contributed by atoms with Gasteiger partial charge in [-0.15, -0.1) is 11.3 Å². The Bertz CT molecular complexity index is 1140. The van der Waals surface area contributed by atoms with Crippen molar-refractivity contribution in [3.8, 4) is 16.3 Å². The summed E-state index contributed by atoms with van der Waals surface area (Å²) in [5.41, 5.74) is 0.200. The maximum absolute atomic E-state index is 15.0. The Hall–Kier alpha value is -2.70. The number of amides is 1. The number of hydrogen-bond acceptors (Lipinski definition) is 6. The number of carbonyl (C=O) groups is 1. The van der Waals surface area contributed by atoms with Gasteiger partial charge in [-0.2, -0.15) is 18.3 Å². The van der Waals surface area contributed by atoms with E-state index in [4.69, 9.17) is 16.3 Å². The van der Waals surface area contributed by atoms with E-state index in [-0.39, 0.29) is 28.0 Å². The van der Waals surface area contributed by atoms with Crippen molar-refractivity contribution >= 4 is 34.5 Å². The van der Waals surface area contributed by atoms with Crippen LogP contribution >= 0.6 is 22.9 Å². The molecule has 0 saturated heterocycles. The van der Waals surface area contributed by atoms with Crippen molar-refractivity contribution in [3.05, 3.63) is 44.9 Å². The molecule has 178 valence electrons. The Kier molecular flexibility index (Phi) is 7.29. The molecule has 7 nitrogen and oxygen atoms in total. The first kappa shape index (κ1) is 24.9. The molecule has 0 bridgehead atoms. The van der Waals surface area contributed by atoms with Gasteiger partial charge < -0.3 is 15.2 Å². The molecule has 3 rings (SSSR count). The monoisotopic (exact) mass is 506 g/mol. The smallest absolute Gasteiger partial charge is 0.425 e. The molecule has 1 amide bonds. The lowest BCUT2D eigenvalue weighted by Crippen LogP contribution is -2.32. The molecule has 1 unspecified atom stereocenters. The maximum Gasteiger partial charge on any atom is 0.425 e. The Labute approximate surface area is 194 Å². The minimum atomic E-state index is -4.73. The molecule has 33 heavy (non-hydrogen) atoms. The summed E-state index contributed by atoms with van der Waals surface area (Å²) < 4.78 is 59.6. The van der Waals surface area contributed by atoms with Crippen LogP contribution in [0.25, 0.3) is 10.6 Å². The van der Waals surface area contributed by atoms with Gasteiger partial charge in [0.2, 0.25) is 0 Å². The Morgan fingerprint density at radius 2 is 2.09 bits per heavy atom. The molecule has 0 aliphatic heterocycles. The Morgan fingerprint density at radius 3 is 2.61 bits per heavy atom. The van der Waals surface area contributed by atoms with Gasteiger partial charge in [0.1, 0.15) is 22.3 Å². The fourth-order valence-corrected chi connectivity index (χ4v) is 4.13. The van der Waals surface area contributed by atoms with Crippen molar-refractivity contribution in [3.63, 3.8) is 0 Å². The Balaban J connectivity index is 2.09. The summed E-state index contributed by atoms with van der Waals surface area (Å²) in [6.45, 7) is 3.78. The van der Waals surface area contributed by atoms with E-state index in [9.17, 15) is 23.1 Å². The van der Waals surface area contributed by atoms with Gasteiger partial charge in [-0.25, -0.2) is 9.37 Å². The first-order chi connectivity index (χ1) is 15.5. The molecule has 0 aliphatic carbocycles. The van der Waals surface area contributed by atoms with E-state index in [1.165, 1.54) is 0 Å². The number of anilines is 1. The van der Waals surface area contributed by atoms with Crippen molar-refractivity contribution in [1.82, 2.24) is 15.2 Å². The van der Waals surface area contributed by atoms with E-state index < -0.39 is 35.3 Å². The van der Waals surface area contributed by atoms with Crippen LogP contribution in [0.4, 0.5) is 23.2 Å². The molecule has 0 radical (unpaired) electrons. The van der Waals surface area contributed by atoms with Crippen LogP contribution < -0.4 is 10.1 Å².